The highest BCUT2D eigenvalue weighted by molar-refractivity contribution is 6.32. The Morgan fingerprint density at radius 3 is 2.80 bits per heavy atom. The fourth-order valence-electron chi connectivity index (χ4n) is 2.15. The molecule has 1 aliphatic rings. The third-order valence-corrected chi connectivity index (χ3v) is 3.77. The molecule has 106 valence electrons. The Kier molecular flexibility index (Phi) is 4.14. The number of amides is 2. The lowest BCUT2D eigenvalue weighted by atomic mass is 9.98. The molecule has 1 aromatic rings. The molecular formula is C15H17ClN2O2. The molecule has 0 unspecified atom stereocenters. The van der Waals surface area contributed by atoms with Gasteiger partial charge in [-0.05, 0) is 31.6 Å². The molecule has 0 spiro atoms. The van der Waals surface area contributed by atoms with Gasteiger partial charge in [-0.1, -0.05) is 29.8 Å². The van der Waals surface area contributed by atoms with E-state index in [-0.39, 0.29) is 11.8 Å². The van der Waals surface area contributed by atoms with E-state index in [0.717, 1.165) is 5.56 Å². The molecule has 0 radical (unpaired) electrons. The van der Waals surface area contributed by atoms with Gasteiger partial charge in [-0.25, -0.2) is 0 Å². The van der Waals surface area contributed by atoms with Gasteiger partial charge in [0.15, 0.2) is 0 Å². The number of nitrogens with one attached hydrogen (secondary N) is 1. The lowest BCUT2D eigenvalue weighted by Gasteiger charge is -2.40. The Bertz CT molecular complexity index is 567. The first-order valence-electron chi connectivity index (χ1n) is 6.45. The highest BCUT2D eigenvalue weighted by atomic mass is 35.5. The van der Waals surface area contributed by atoms with Crippen molar-refractivity contribution >= 4 is 29.5 Å². The molecule has 0 saturated carbocycles. The van der Waals surface area contributed by atoms with Gasteiger partial charge in [0, 0.05) is 24.2 Å². The number of carbonyl (C=O) groups excluding carboxylic acids is 2. The van der Waals surface area contributed by atoms with Crippen LogP contribution in [0, 0.1) is 0 Å². The lowest BCUT2D eigenvalue weighted by Crippen LogP contribution is -2.63. The largest absolute Gasteiger partial charge is 0.352 e. The topological polar surface area (TPSA) is 49.4 Å². The maximum absolute atomic E-state index is 12.3. The third-order valence-electron chi connectivity index (χ3n) is 3.43. The highest BCUT2D eigenvalue weighted by Crippen LogP contribution is 2.20. The minimum absolute atomic E-state index is 0.136. The third kappa shape index (κ3) is 2.85. The molecule has 0 aliphatic carbocycles. The number of piperazine rings is 1. The van der Waals surface area contributed by atoms with Crippen LogP contribution in [0.3, 0.4) is 0 Å². The molecule has 2 amide bonds. The molecule has 4 nitrogen and oxygen atoms in total. The van der Waals surface area contributed by atoms with E-state index in [9.17, 15) is 9.59 Å². The molecule has 2 rings (SSSR count). The number of nitrogens with zero attached hydrogens (tertiary/aromatic N) is 1. The molecule has 1 aromatic carbocycles. The average molecular weight is 293 g/mol. The number of halogens is 1. The molecule has 20 heavy (non-hydrogen) atoms. The number of hydrogen-bond donors (Lipinski definition) is 1. The molecular weight excluding hydrogens is 276 g/mol. The van der Waals surface area contributed by atoms with Gasteiger partial charge in [0.1, 0.15) is 5.54 Å². The average Bonchev–Trinajstić information content (AvgIpc) is 2.40. The van der Waals surface area contributed by atoms with Gasteiger partial charge < -0.3 is 10.2 Å². The molecule has 1 heterocycles. The van der Waals surface area contributed by atoms with Crippen LogP contribution >= 0.6 is 11.6 Å². The lowest BCUT2D eigenvalue weighted by molar-refractivity contribution is -0.146. The van der Waals surface area contributed by atoms with Gasteiger partial charge in [0.2, 0.25) is 11.8 Å². The molecule has 0 aromatic heterocycles. The van der Waals surface area contributed by atoms with Crippen LogP contribution < -0.4 is 5.32 Å². The molecule has 0 atom stereocenters. The van der Waals surface area contributed by atoms with E-state index < -0.39 is 5.54 Å². The Hall–Kier alpha value is -1.81. The summed E-state index contributed by atoms with van der Waals surface area (Å²) in [6.07, 6.45) is 3.13. The summed E-state index contributed by atoms with van der Waals surface area (Å²) in [4.78, 5) is 25.6. The highest BCUT2D eigenvalue weighted by Gasteiger charge is 2.39. The summed E-state index contributed by atoms with van der Waals surface area (Å²) >= 11 is 6.03. The van der Waals surface area contributed by atoms with Gasteiger partial charge in [0.05, 0.1) is 0 Å². The zero-order chi connectivity index (χ0) is 14.8. The zero-order valence-electron chi connectivity index (χ0n) is 11.5. The van der Waals surface area contributed by atoms with E-state index in [0.29, 0.717) is 18.1 Å². The Labute approximate surface area is 123 Å². The van der Waals surface area contributed by atoms with Crippen molar-refractivity contribution in [2.24, 2.45) is 0 Å². The van der Waals surface area contributed by atoms with Crippen molar-refractivity contribution in [2.45, 2.75) is 19.4 Å². The van der Waals surface area contributed by atoms with Crippen LogP contribution in [0.1, 0.15) is 19.4 Å². The first-order valence-corrected chi connectivity index (χ1v) is 6.83. The van der Waals surface area contributed by atoms with Crippen molar-refractivity contribution in [3.63, 3.8) is 0 Å². The Morgan fingerprint density at radius 2 is 2.10 bits per heavy atom. The number of benzene rings is 1. The predicted octanol–water partition coefficient (Wildman–Crippen LogP) is 2.09. The van der Waals surface area contributed by atoms with Crippen LogP contribution in [0.5, 0.6) is 0 Å². The maximum atomic E-state index is 12.3. The molecule has 1 N–H and O–H groups in total. The molecule has 1 saturated heterocycles. The summed E-state index contributed by atoms with van der Waals surface area (Å²) in [5, 5.41) is 3.35. The molecule has 1 aliphatic heterocycles. The summed E-state index contributed by atoms with van der Waals surface area (Å²) in [6, 6.07) is 7.29. The summed E-state index contributed by atoms with van der Waals surface area (Å²) in [5.74, 6) is -0.326. The van der Waals surface area contributed by atoms with E-state index in [4.69, 9.17) is 11.6 Å². The smallest absolute Gasteiger partial charge is 0.247 e. The van der Waals surface area contributed by atoms with E-state index in [1.807, 2.05) is 18.2 Å². The standard InChI is InChI=1S/C15H17ClN2O2/c1-15(2)14(20)17-9-10-18(15)13(19)8-7-11-5-3-4-6-12(11)16/h3-8H,9-10H2,1-2H3,(H,17,20)/b8-7+. The summed E-state index contributed by atoms with van der Waals surface area (Å²) in [7, 11) is 0. The van der Waals surface area contributed by atoms with Crippen LogP contribution in [-0.2, 0) is 9.59 Å². The number of carbonyl (C=O) groups is 2. The normalized spacial score (nSPS) is 18.1. The molecule has 1 fully saturated rings. The quantitative estimate of drug-likeness (QED) is 0.849. The number of hydrogen-bond acceptors (Lipinski definition) is 2. The molecule has 5 heteroatoms. The van der Waals surface area contributed by atoms with Gasteiger partial charge in [-0.2, -0.15) is 0 Å². The zero-order valence-corrected chi connectivity index (χ0v) is 12.3. The van der Waals surface area contributed by atoms with Crippen LogP contribution in [0.4, 0.5) is 0 Å². The van der Waals surface area contributed by atoms with Crippen LogP contribution in [0.25, 0.3) is 6.08 Å². The fourth-order valence-corrected chi connectivity index (χ4v) is 2.35. The Balaban J connectivity index is 2.16. The van der Waals surface area contributed by atoms with Gasteiger partial charge in [-0.3, -0.25) is 9.59 Å². The first-order chi connectivity index (χ1) is 9.43. The van der Waals surface area contributed by atoms with Crippen LogP contribution in [0.15, 0.2) is 30.3 Å². The first kappa shape index (κ1) is 14.6. The number of rotatable bonds is 2. The minimum atomic E-state index is -0.833. The second-order valence-corrected chi connectivity index (χ2v) is 5.57. The second kappa shape index (κ2) is 5.67. The van der Waals surface area contributed by atoms with Gasteiger partial charge in [0.25, 0.3) is 0 Å². The van der Waals surface area contributed by atoms with E-state index >= 15 is 0 Å². The monoisotopic (exact) mass is 292 g/mol. The van der Waals surface area contributed by atoms with Gasteiger partial charge in [-0.15, -0.1) is 0 Å². The summed E-state index contributed by atoms with van der Waals surface area (Å²) in [6.45, 7) is 4.46. The van der Waals surface area contributed by atoms with Crippen LogP contribution in [-0.4, -0.2) is 35.3 Å². The SMILES string of the molecule is CC1(C)C(=O)NCCN1C(=O)/C=C/c1ccccc1Cl. The van der Waals surface area contributed by atoms with Crippen LogP contribution in [0.2, 0.25) is 5.02 Å². The van der Waals surface area contributed by atoms with E-state index in [2.05, 4.69) is 5.32 Å². The van der Waals surface area contributed by atoms with Crippen molar-refractivity contribution in [1.29, 1.82) is 0 Å². The second-order valence-electron chi connectivity index (χ2n) is 5.16. The molecule has 0 bridgehead atoms. The van der Waals surface area contributed by atoms with E-state index in [1.165, 1.54) is 6.08 Å². The van der Waals surface area contributed by atoms with Crippen molar-refractivity contribution in [3.05, 3.63) is 40.9 Å². The van der Waals surface area contributed by atoms with E-state index in [1.54, 1.807) is 30.9 Å². The summed E-state index contributed by atoms with van der Waals surface area (Å²) in [5.41, 5.74) is -0.0537. The minimum Gasteiger partial charge on any atom is -0.352 e. The summed E-state index contributed by atoms with van der Waals surface area (Å²) < 4.78 is 0. The van der Waals surface area contributed by atoms with Crippen molar-refractivity contribution in [1.82, 2.24) is 10.2 Å². The Morgan fingerprint density at radius 1 is 1.40 bits per heavy atom. The fraction of sp³-hybridized carbons (Fsp3) is 0.333. The maximum Gasteiger partial charge on any atom is 0.247 e. The van der Waals surface area contributed by atoms with Crippen molar-refractivity contribution < 1.29 is 9.59 Å². The van der Waals surface area contributed by atoms with Crippen molar-refractivity contribution in [2.75, 3.05) is 13.1 Å². The van der Waals surface area contributed by atoms with Gasteiger partial charge >= 0.3 is 0 Å². The van der Waals surface area contributed by atoms with Crippen molar-refractivity contribution in [3.8, 4) is 0 Å². The predicted molar refractivity (Wildman–Crippen MR) is 79.3 cm³/mol.